The maximum Gasteiger partial charge on any atom is 0.244 e. The number of benzene rings is 3. The molecule has 0 aliphatic carbocycles. The largest absolute Gasteiger partial charge is 0.497 e. The summed E-state index contributed by atoms with van der Waals surface area (Å²) in [6.45, 7) is 4.80. The number of halogens is 1. The molecule has 0 radical (unpaired) electrons. The molecule has 42 heavy (non-hydrogen) atoms. The quantitative estimate of drug-likeness (QED) is 0.335. The van der Waals surface area contributed by atoms with E-state index in [1.807, 2.05) is 51.1 Å². The Morgan fingerprint density at radius 3 is 2.12 bits per heavy atom. The molecule has 1 N–H and O–H groups in total. The molecule has 3 rings (SSSR count). The van der Waals surface area contributed by atoms with Crippen LogP contribution >= 0.6 is 0 Å². The first-order valence-corrected chi connectivity index (χ1v) is 15.2. The molecule has 0 spiro atoms. The maximum absolute atomic E-state index is 14.2. The van der Waals surface area contributed by atoms with E-state index in [2.05, 4.69) is 5.32 Å². The number of rotatable bonds is 12. The van der Waals surface area contributed by atoms with Gasteiger partial charge < -0.3 is 19.7 Å². The Morgan fingerprint density at radius 2 is 1.57 bits per heavy atom. The Bertz CT molecular complexity index is 1470. The summed E-state index contributed by atoms with van der Waals surface area (Å²) in [4.78, 5) is 29.3. The van der Waals surface area contributed by atoms with E-state index >= 15 is 0 Å². The van der Waals surface area contributed by atoms with Gasteiger partial charge in [0.15, 0.2) is 0 Å². The van der Waals surface area contributed by atoms with Gasteiger partial charge in [-0.1, -0.05) is 42.5 Å². The number of nitrogens with one attached hydrogen (secondary N) is 1. The number of methoxy groups -OCH3 is 2. The van der Waals surface area contributed by atoms with Gasteiger partial charge in [0, 0.05) is 24.6 Å². The molecule has 9 nitrogen and oxygen atoms in total. The SMILES string of the molecule is COc1ccc(OC)c(N(CC(=O)N(Cc2ccc(F)cc2)[C@@H](Cc2ccccc2)C(=O)NC(C)(C)C)S(C)(=O)=O)c1. The molecule has 11 heteroatoms. The van der Waals surface area contributed by atoms with E-state index in [4.69, 9.17) is 9.47 Å². The Labute approximate surface area is 247 Å². The molecule has 0 aliphatic rings. The highest BCUT2D eigenvalue weighted by molar-refractivity contribution is 7.92. The second-order valence-electron chi connectivity index (χ2n) is 10.9. The first kappa shape index (κ1) is 32.4. The lowest BCUT2D eigenvalue weighted by Gasteiger charge is -2.35. The van der Waals surface area contributed by atoms with Crippen LogP contribution in [0.2, 0.25) is 0 Å². The van der Waals surface area contributed by atoms with Crippen molar-refractivity contribution in [2.75, 3.05) is 31.3 Å². The van der Waals surface area contributed by atoms with E-state index in [0.717, 1.165) is 16.1 Å². The molecule has 0 aliphatic heterocycles. The van der Waals surface area contributed by atoms with Crippen LogP contribution in [-0.2, 0) is 32.6 Å². The number of sulfonamides is 1. The minimum Gasteiger partial charge on any atom is -0.497 e. The second kappa shape index (κ2) is 13.7. The second-order valence-corrected chi connectivity index (χ2v) is 12.8. The fourth-order valence-corrected chi connectivity index (χ4v) is 5.22. The van der Waals surface area contributed by atoms with Gasteiger partial charge in [0.2, 0.25) is 21.8 Å². The molecule has 0 bridgehead atoms. The minimum atomic E-state index is -4.02. The van der Waals surface area contributed by atoms with Gasteiger partial charge in [0.1, 0.15) is 29.9 Å². The minimum absolute atomic E-state index is 0.0684. The summed E-state index contributed by atoms with van der Waals surface area (Å²) in [6, 6.07) is 18.4. The van der Waals surface area contributed by atoms with Crippen LogP contribution in [0, 0.1) is 5.82 Å². The van der Waals surface area contributed by atoms with E-state index in [9.17, 15) is 22.4 Å². The number of carbonyl (C=O) groups is 2. The summed E-state index contributed by atoms with van der Waals surface area (Å²) in [5.74, 6) is -0.922. The van der Waals surface area contributed by atoms with Crippen molar-refractivity contribution in [3.8, 4) is 11.5 Å². The monoisotopic (exact) mass is 599 g/mol. The van der Waals surface area contributed by atoms with Crippen molar-refractivity contribution in [3.63, 3.8) is 0 Å². The van der Waals surface area contributed by atoms with Gasteiger partial charge in [-0.3, -0.25) is 13.9 Å². The Kier molecular flexibility index (Phi) is 10.6. The third-order valence-corrected chi connectivity index (χ3v) is 7.50. The van der Waals surface area contributed by atoms with Gasteiger partial charge in [-0.2, -0.15) is 0 Å². The fourth-order valence-electron chi connectivity index (χ4n) is 4.38. The zero-order chi connectivity index (χ0) is 31.1. The van der Waals surface area contributed by atoms with Gasteiger partial charge in [-0.15, -0.1) is 0 Å². The molecule has 3 aromatic rings. The van der Waals surface area contributed by atoms with Crippen LogP contribution < -0.4 is 19.1 Å². The predicted molar refractivity (Wildman–Crippen MR) is 161 cm³/mol. The third-order valence-electron chi connectivity index (χ3n) is 6.37. The normalized spacial score (nSPS) is 12.3. The van der Waals surface area contributed by atoms with Crippen LogP contribution in [0.15, 0.2) is 72.8 Å². The van der Waals surface area contributed by atoms with Crippen LogP contribution in [0.1, 0.15) is 31.9 Å². The molecule has 226 valence electrons. The molecule has 1 atom stereocenters. The van der Waals surface area contributed by atoms with Crippen LogP contribution in [-0.4, -0.2) is 63.7 Å². The molecule has 0 unspecified atom stereocenters. The van der Waals surface area contributed by atoms with Crippen molar-refractivity contribution >= 4 is 27.5 Å². The average Bonchev–Trinajstić information content (AvgIpc) is 2.93. The number of amides is 2. The standard InChI is InChI=1S/C31H38FN3O6S/c1-31(2,3)33-30(37)27(18-22-10-8-7-9-11-22)34(20-23-12-14-24(32)15-13-23)29(36)21-35(42(6,38)39)26-19-25(40-4)16-17-28(26)41-5/h7-17,19,27H,18,20-21H2,1-6H3,(H,33,37)/t27-/m0/s1. The first-order valence-electron chi connectivity index (χ1n) is 13.3. The molecule has 0 saturated carbocycles. The van der Waals surface area contributed by atoms with Gasteiger partial charge in [-0.05, 0) is 56.2 Å². The number of hydrogen-bond donors (Lipinski definition) is 1. The van der Waals surface area contributed by atoms with E-state index < -0.39 is 45.8 Å². The highest BCUT2D eigenvalue weighted by Gasteiger charge is 2.35. The molecule has 3 aromatic carbocycles. The number of nitrogens with zero attached hydrogens (tertiary/aromatic N) is 2. The molecular weight excluding hydrogens is 561 g/mol. The summed E-state index contributed by atoms with van der Waals surface area (Å²) < 4.78 is 51.5. The maximum atomic E-state index is 14.2. The van der Waals surface area contributed by atoms with Crippen LogP contribution in [0.4, 0.5) is 10.1 Å². The van der Waals surface area contributed by atoms with E-state index in [-0.39, 0.29) is 24.4 Å². The molecule has 0 heterocycles. The van der Waals surface area contributed by atoms with Crippen molar-refractivity contribution < 1.29 is 31.9 Å². The molecule has 2 amide bonds. The molecule has 0 saturated heterocycles. The van der Waals surface area contributed by atoms with Crippen LogP contribution in [0.25, 0.3) is 0 Å². The van der Waals surface area contributed by atoms with Gasteiger partial charge in [-0.25, -0.2) is 12.8 Å². The van der Waals surface area contributed by atoms with Crippen LogP contribution in [0.3, 0.4) is 0 Å². The zero-order valence-electron chi connectivity index (χ0n) is 24.8. The fraction of sp³-hybridized carbons (Fsp3) is 0.355. The number of hydrogen-bond acceptors (Lipinski definition) is 6. The summed E-state index contributed by atoms with van der Waals surface area (Å²) in [5.41, 5.74) is 0.867. The van der Waals surface area contributed by atoms with E-state index in [1.165, 1.54) is 49.5 Å². The predicted octanol–water partition coefficient (Wildman–Crippen LogP) is 4.16. The summed E-state index contributed by atoms with van der Waals surface area (Å²) in [5, 5.41) is 2.96. The topological polar surface area (TPSA) is 105 Å². The molecule has 0 aromatic heterocycles. The Morgan fingerprint density at radius 1 is 0.929 bits per heavy atom. The molecule has 0 fully saturated rings. The van der Waals surface area contributed by atoms with E-state index in [0.29, 0.717) is 11.3 Å². The molecular formula is C31H38FN3O6S. The number of ether oxygens (including phenoxy) is 2. The zero-order valence-corrected chi connectivity index (χ0v) is 25.6. The lowest BCUT2D eigenvalue weighted by atomic mass is 10.0. The summed E-state index contributed by atoms with van der Waals surface area (Å²) in [6.07, 6.45) is 1.15. The average molecular weight is 600 g/mol. The highest BCUT2D eigenvalue weighted by Crippen LogP contribution is 2.34. The highest BCUT2D eigenvalue weighted by atomic mass is 32.2. The lowest BCUT2D eigenvalue weighted by Crippen LogP contribution is -2.56. The van der Waals surface area contributed by atoms with Gasteiger partial charge in [0.05, 0.1) is 26.2 Å². The number of carbonyl (C=O) groups excluding carboxylic acids is 2. The Balaban J connectivity index is 2.12. The van der Waals surface area contributed by atoms with Crippen molar-refractivity contribution in [2.45, 2.75) is 45.3 Å². The summed E-state index contributed by atoms with van der Waals surface area (Å²) in [7, 11) is -1.19. The van der Waals surface area contributed by atoms with E-state index in [1.54, 1.807) is 12.1 Å². The van der Waals surface area contributed by atoms with Crippen molar-refractivity contribution in [2.24, 2.45) is 0 Å². The van der Waals surface area contributed by atoms with Gasteiger partial charge in [0.25, 0.3) is 0 Å². The van der Waals surface area contributed by atoms with Crippen LogP contribution in [0.5, 0.6) is 11.5 Å². The summed E-state index contributed by atoms with van der Waals surface area (Å²) >= 11 is 0. The third kappa shape index (κ3) is 8.94. The van der Waals surface area contributed by atoms with Crippen molar-refractivity contribution in [1.82, 2.24) is 10.2 Å². The van der Waals surface area contributed by atoms with Crippen molar-refractivity contribution in [1.29, 1.82) is 0 Å². The smallest absolute Gasteiger partial charge is 0.244 e. The lowest BCUT2D eigenvalue weighted by molar-refractivity contribution is -0.140. The Hall–Kier alpha value is -4.12. The van der Waals surface area contributed by atoms with Gasteiger partial charge >= 0.3 is 0 Å². The number of anilines is 1. The van der Waals surface area contributed by atoms with Crippen molar-refractivity contribution in [3.05, 3.63) is 89.7 Å². The first-order chi connectivity index (χ1) is 19.7.